The largest absolute Gasteiger partial charge is 0.325 e. The Bertz CT molecular complexity index is 211. The fraction of sp³-hybridized carbons (Fsp3) is 0.667. The molecule has 0 unspecified atom stereocenters. The molecule has 74 valence electrons. The van der Waals surface area contributed by atoms with Crippen molar-refractivity contribution in [1.82, 2.24) is 0 Å². The molecule has 1 heteroatoms. The molecule has 0 aromatic rings. The van der Waals surface area contributed by atoms with Crippen LogP contribution >= 0.6 is 0 Å². The maximum Gasteiger partial charge on any atom is 0.104 e. The minimum absolute atomic E-state index is 1.13. The fourth-order valence-electron chi connectivity index (χ4n) is 1.78. The third-order valence-corrected chi connectivity index (χ3v) is 2.58. The standard InChI is InChI=1S/C12H22N/c1-4-5-10-13(2,3)11-12-8-6-7-9-12/h6,8-9H,4-5,7,10-11H2,1-3H3/q+1. The molecule has 0 fully saturated rings. The summed E-state index contributed by atoms with van der Waals surface area (Å²) in [5, 5.41) is 0. The van der Waals surface area contributed by atoms with Gasteiger partial charge in [-0.2, -0.15) is 0 Å². The molecule has 0 aliphatic heterocycles. The van der Waals surface area contributed by atoms with E-state index in [4.69, 9.17) is 0 Å². The Hall–Kier alpha value is -0.560. The molecule has 1 aliphatic carbocycles. The van der Waals surface area contributed by atoms with Crippen LogP contribution in [0.1, 0.15) is 26.2 Å². The Morgan fingerprint density at radius 3 is 2.69 bits per heavy atom. The summed E-state index contributed by atoms with van der Waals surface area (Å²) in [6, 6.07) is 0. The summed E-state index contributed by atoms with van der Waals surface area (Å²) in [7, 11) is 4.64. The second-order valence-corrected chi connectivity index (χ2v) is 4.59. The smallest absolute Gasteiger partial charge is 0.104 e. The first kappa shape index (κ1) is 10.5. The van der Waals surface area contributed by atoms with Crippen LogP contribution in [0.2, 0.25) is 0 Å². The average Bonchev–Trinajstić information content (AvgIpc) is 2.52. The maximum atomic E-state index is 2.34. The Balaban J connectivity index is 2.36. The zero-order chi connectivity index (χ0) is 9.73. The molecule has 0 amide bonds. The van der Waals surface area contributed by atoms with Gasteiger partial charge in [-0.05, 0) is 12.8 Å². The van der Waals surface area contributed by atoms with Crippen molar-refractivity contribution in [2.75, 3.05) is 27.2 Å². The van der Waals surface area contributed by atoms with E-state index in [1.165, 1.54) is 31.5 Å². The van der Waals surface area contributed by atoms with Crippen molar-refractivity contribution in [1.29, 1.82) is 0 Å². The molecule has 0 radical (unpaired) electrons. The van der Waals surface area contributed by atoms with Crippen molar-refractivity contribution in [2.24, 2.45) is 0 Å². The van der Waals surface area contributed by atoms with Crippen LogP contribution in [0, 0.1) is 0 Å². The lowest BCUT2D eigenvalue weighted by Gasteiger charge is -2.29. The summed E-state index contributed by atoms with van der Waals surface area (Å²) in [4.78, 5) is 0. The minimum atomic E-state index is 1.13. The van der Waals surface area contributed by atoms with Gasteiger partial charge in [-0.15, -0.1) is 0 Å². The molecule has 13 heavy (non-hydrogen) atoms. The first-order chi connectivity index (χ1) is 6.14. The van der Waals surface area contributed by atoms with Gasteiger partial charge in [0.1, 0.15) is 6.54 Å². The number of hydrogen-bond acceptors (Lipinski definition) is 0. The minimum Gasteiger partial charge on any atom is -0.325 e. The van der Waals surface area contributed by atoms with Gasteiger partial charge in [-0.25, -0.2) is 0 Å². The number of unbranched alkanes of at least 4 members (excludes halogenated alkanes) is 1. The van der Waals surface area contributed by atoms with E-state index < -0.39 is 0 Å². The average molecular weight is 180 g/mol. The van der Waals surface area contributed by atoms with Gasteiger partial charge < -0.3 is 4.48 Å². The molecule has 0 saturated carbocycles. The summed E-state index contributed by atoms with van der Waals surface area (Å²) < 4.78 is 1.13. The molecule has 1 rings (SSSR count). The Labute approximate surface area is 82.3 Å². The lowest BCUT2D eigenvalue weighted by molar-refractivity contribution is -0.885. The molecule has 0 atom stereocenters. The van der Waals surface area contributed by atoms with Crippen LogP contribution in [-0.2, 0) is 0 Å². The van der Waals surface area contributed by atoms with Gasteiger partial charge in [0, 0.05) is 5.57 Å². The van der Waals surface area contributed by atoms with Crippen LogP contribution in [0.15, 0.2) is 23.8 Å². The highest BCUT2D eigenvalue weighted by Gasteiger charge is 2.15. The first-order valence-corrected chi connectivity index (χ1v) is 5.31. The van der Waals surface area contributed by atoms with Crippen molar-refractivity contribution in [3.63, 3.8) is 0 Å². The summed E-state index contributed by atoms with van der Waals surface area (Å²) in [5.41, 5.74) is 1.51. The topological polar surface area (TPSA) is 0 Å². The number of allylic oxidation sites excluding steroid dienone is 2. The molecule has 1 aliphatic rings. The molecule has 0 aromatic carbocycles. The van der Waals surface area contributed by atoms with Gasteiger partial charge in [-0.3, -0.25) is 0 Å². The molecule has 0 aromatic heterocycles. The first-order valence-electron chi connectivity index (χ1n) is 5.31. The highest BCUT2D eigenvalue weighted by molar-refractivity contribution is 5.26. The quantitative estimate of drug-likeness (QED) is 0.571. The van der Waals surface area contributed by atoms with E-state index >= 15 is 0 Å². The van der Waals surface area contributed by atoms with Crippen LogP contribution in [0.5, 0.6) is 0 Å². The van der Waals surface area contributed by atoms with E-state index in [2.05, 4.69) is 39.2 Å². The predicted molar refractivity (Wildman–Crippen MR) is 58.6 cm³/mol. The van der Waals surface area contributed by atoms with E-state index in [-0.39, 0.29) is 0 Å². The number of nitrogens with zero attached hydrogens (tertiary/aromatic N) is 1. The number of rotatable bonds is 5. The van der Waals surface area contributed by atoms with E-state index in [0.29, 0.717) is 0 Å². The molecule has 0 bridgehead atoms. The highest BCUT2D eigenvalue weighted by atomic mass is 15.3. The third kappa shape index (κ3) is 3.77. The monoisotopic (exact) mass is 180 g/mol. The van der Waals surface area contributed by atoms with Crippen LogP contribution in [0.3, 0.4) is 0 Å². The Morgan fingerprint density at radius 1 is 1.38 bits per heavy atom. The molecular weight excluding hydrogens is 158 g/mol. The van der Waals surface area contributed by atoms with Crippen molar-refractivity contribution in [3.05, 3.63) is 23.8 Å². The van der Waals surface area contributed by atoms with E-state index in [1.54, 1.807) is 0 Å². The summed E-state index contributed by atoms with van der Waals surface area (Å²) in [5.74, 6) is 0. The van der Waals surface area contributed by atoms with Crippen LogP contribution in [0.4, 0.5) is 0 Å². The normalized spacial score (nSPS) is 16.4. The number of hydrogen-bond donors (Lipinski definition) is 0. The van der Waals surface area contributed by atoms with Crippen molar-refractivity contribution in [2.45, 2.75) is 26.2 Å². The van der Waals surface area contributed by atoms with Crippen molar-refractivity contribution >= 4 is 0 Å². The third-order valence-electron chi connectivity index (χ3n) is 2.58. The lowest BCUT2D eigenvalue weighted by Crippen LogP contribution is -2.41. The summed E-state index contributed by atoms with van der Waals surface area (Å²) in [6.07, 6.45) is 10.6. The highest BCUT2D eigenvalue weighted by Crippen LogP contribution is 2.13. The van der Waals surface area contributed by atoms with Gasteiger partial charge in [0.05, 0.1) is 20.6 Å². The van der Waals surface area contributed by atoms with E-state index in [9.17, 15) is 0 Å². The van der Waals surface area contributed by atoms with Gasteiger partial charge >= 0.3 is 0 Å². The maximum absolute atomic E-state index is 2.34. The second kappa shape index (κ2) is 4.61. The number of likely N-dealkylation sites (N-methyl/N-ethyl adjacent to an activating group) is 1. The fourth-order valence-corrected chi connectivity index (χ4v) is 1.78. The molecule has 0 spiro atoms. The molecular formula is C12H22N+. The summed E-state index contributed by atoms with van der Waals surface area (Å²) in [6.45, 7) is 4.74. The van der Waals surface area contributed by atoms with Crippen molar-refractivity contribution < 1.29 is 4.48 Å². The lowest BCUT2D eigenvalue weighted by atomic mass is 10.2. The number of quaternary nitrogens is 1. The SMILES string of the molecule is CCCC[N+](C)(C)CC1=CCC=C1. The molecule has 0 heterocycles. The van der Waals surface area contributed by atoms with Gasteiger partial charge in [0.2, 0.25) is 0 Å². The molecule has 0 N–H and O–H groups in total. The summed E-state index contributed by atoms with van der Waals surface area (Å²) >= 11 is 0. The zero-order valence-electron chi connectivity index (χ0n) is 9.21. The van der Waals surface area contributed by atoms with Gasteiger partial charge in [0.15, 0.2) is 0 Å². The predicted octanol–water partition coefficient (Wildman–Crippen LogP) is 2.75. The van der Waals surface area contributed by atoms with Crippen molar-refractivity contribution in [3.8, 4) is 0 Å². The van der Waals surface area contributed by atoms with Gasteiger partial charge in [-0.1, -0.05) is 31.6 Å². The van der Waals surface area contributed by atoms with E-state index in [0.717, 1.165) is 10.9 Å². The zero-order valence-corrected chi connectivity index (χ0v) is 9.21. The Morgan fingerprint density at radius 2 is 2.15 bits per heavy atom. The van der Waals surface area contributed by atoms with Crippen LogP contribution < -0.4 is 0 Å². The Kier molecular flexibility index (Phi) is 3.73. The van der Waals surface area contributed by atoms with Crippen LogP contribution in [-0.4, -0.2) is 31.7 Å². The molecule has 0 saturated heterocycles. The molecule has 1 nitrogen and oxygen atoms in total. The van der Waals surface area contributed by atoms with Crippen LogP contribution in [0.25, 0.3) is 0 Å². The van der Waals surface area contributed by atoms with E-state index in [1.807, 2.05) is 0 Å². The second-order valence-electron chi connectivity index (χ2n) is 4.59. The van der Waals surface area contributed by atoms with Gasteiger partial charge in [0.25, 0.3) is 0 Å².